The summed E-state index contributed by atoms with van der Waals surface area (Å²) in [5, 5.41) is 2.37. The molecule has 1 N–H and O–H groups in total. The van der Waals surface area contributed by atoms with Gasteiger partial charge in [0, 0.05) is 25.8 Å². The lowest BCUT2D eigenvalue weighted by Crippen LogP contribution is -2.28. The lowest BCUT2D eigenvalue weighted by atomic mass is 10.1. The van der Waals surface area contributed by atoms with Gasteiger partial charge in [-0.05, 0) is 25.1 Å². The van der Waals surface area contributed by atoms with Crippen LogP contribution in [0.15, 0.2) is 23.1 Å². The highest BCUT2D eigenvalue weighted by atomic mass is 32.2. The fourth-order valence-corrected chi connectivity index (χ4v) is 2.97. The molecule has 8 heteroatoms. The molecule has 1 aromatic rings. The van der Waals surface area contributed by atoms with E-state index < -0.39 is 27.5 Å². The van der Waals surface area contributed by atoms with Gasteiger partial charge in [-0.25, -0.2) is 12.8 Å². The van der Waals surface area contributed by atoms with Crippen LogP contribution >= 0.6 is 0 Å². The average molecular weight is 328 g/mol. The number of hydrogen-bond acceptors (Lipinski definition) is 4. The van der Waals surface area contributed by atoms with E-state index in [1.807, 2.05) is 6.92 Å². The number of carbonyl (C=O) groups is 2. The van der Waals surface area contributed by atoms with Crippen molar-refractivity contribution in [2.75, 3.05) is 24.7 Å². The largest absolute Gasteiger partial charge is 0.342 e. The zero-order chi connectivity index (χ0) is 16.5. The van der Waals surface area contributed by atoms with Crippen LogP contribution in [0.3, 0.4) is 0 Å². The Balaban J connectivity index is 2.17. The average Bonchev–Trinajstić information content (AvgIpc) is 2.81. The lowest BCUT2D eigenvalue weighted by Gasteiger charge is -2.14. The monoisotopic (exact) mass is 328 g/mol. The fraction of sp³-hybridized carbons (Fsp3) is 0.429. The highest BCUT2D eigenvalue weighted by Gasteiger charge is 2.33. The maximum absolute atomic E-state index is 13.7. The van der Waals surface area contributed by atoms with Gasteiger partial charge in [-0.3, -0.25) is 9.59 Å². The zero-order valence-electron chi connectivity index (χ0n) is 12.3. The molecular formula is C14H17FN2O4S. The molecule has 1 aliphatic rings. The minimum absolute atomic E-state index is 0.0764. The molecule has 0 spiro atoms. The van der Waals surface area contributed by atoms with E-state index >= 15 is 0 Å². The Morgan fingerprint density at radius 1 is 1.45 bits per heavy atom. The van der Waals surface area contributed by atoms with E-state index in [2.05, 4.69) is 5.32 Å². The van der Waals surface area contributed by atoms with E-state index in [1.165, 1.54) is 0 Å². The number of likely N-dealkylation sites (tertiary alicyclic amines) is 1. The Morgan fingerprint density at radius 2 is 2.14 bits per heavy atom. The predicted molar refractivity (Wildman–Crippen MR) is 78.5 cm³/mol. The van der Waals surface area contributed by atoms with Crippen molar-refractivity contribution in [2.45, 2.75) is 18.2 Å². The zero-order valence-corrected chi connectivity index (χ0v) is 13.1. The molecule has 1 saturated heterocycles. The van der Waals surface area contributed by atoms with Crippen LogP contribution in [0.2, 0.25) is 0 Å². The van der Waals surface area contributed by atoms with Crippen LogP contribution in [0.5, 0.6) is 0 Å². The Labute approximate surface area is 128 Å². The molecule has 22 heavy (non-hydrogen) atoms. The number of nitrogens with zero attached hydrogens (tertiary/aromatic N) is 1. The van der Waals surface area contributed by atoms with E-state index in [-0.39, 0.29) is 29.5 Å². The number of anilines is 1. The summed E-state index contributed by atoms with van der Waals surface area (Å²) in [6.45, 7) is 2.61. The van der Waals surface area contributed by atoms with E-state index in [9.17, 15) is 22.4 Å². The molecule has 0 aromatic heterocycles. The van der Waals surface area contributed by atoms with Gasteiger partial charge in [0.05, 0.1) is 16.5 Å². The van der Waals surface area contributed by atoms with Crippen molar-refractivity contribution in [2.24, 2.45) is 5.92 Å². The number of sulfone groups is 1. The first-order chi connectivity index (χ1) is 10.2. The molecular weight excluding hydrogens is 311 g/mol. The van der Waals surface area contributed by atoms with Gasteiger partial charge in [-0.15, -0.1) is 0 Å². The summed E-state index contributed by atoms with van der Waals surface area (Å²) in [6, 6.07) is 3.21. The van der Waals surface area contributed by atoms with Crippen molar-refractivity contribution in [3.8, 4) is 0 Å². The van der Waals surface area contributed by atoms with Gasteiger partial charge in [-0.1, -0.05) is 0 Å². The van der Waals surface area contributed by atoms with Crippen molar-refractivity contribution >= 4 is 27.3 Å². The Morgan fingerprint density at radius 3 is 2.68 bits per heavy atom. The van der Waals surface area contributed by atoms with Gasteiger partial charge in [0.15, 0.2) is 9.84 Å². The minimum atomic E-state index is -3.50. The number of carbonyl (C=O) groups excluding carboxylic acids is 2. The highest BCUT2D eigenvalue weighted by Crippen LogP contribution is 2.23. The van der Waals surface area contributed by atoms with Crippen LogP contribution in [0, 0.1) is 11.7 Å². The van der Waals surface area contributed by atoms with Gasteiger partial charge >= 0.3 is 0 Å². The SMILES string of the molecule is CCN1CC(C(=O)Nc2cc(S(C)(=O)=O)ccc2F)CC1=O. The summed E-state index contributed by atoms with van der Waals surface area (Å²) < 4.78 is 36.7. The van der Waals surface area contributed by atoms with E-state index in [4.69, 9.17) is 0 Å². The topological polar surface area (TPSA) is 83.6 Å². The number of halogens is 1. The first kappa shape index (κ1) is 16.4. The Kier molecular flexibility index (Phi) is 4.50. The molecule has 1 unspecified atom stereocenters. The van der Waals surface area contributed by atoms with Gasteiger partial charge in [0.1, 0.15) is 5.82 Å². The summed E-state index contributed by atoms with van der Waals surface area (Å²) in [5.41, 5.74) is -0.199. The molecule has 1 aliphatic heterocycles. The maximum atomic E-state index is 13.7. The summed E-state index contributed by atoms with van der Waals surface area (Å²) in [7, 11) is -3.50. The molecule has 6 nitrogen and oxygen atoms in total. The van der Waals surface area contributed by atoms with Crippen molar-refractivity contribution in [3.63, 3.8) is 0 Å². The molecule has 2 rings (SSSR count). The van der Waals surface area contributed by atoms with Crippen molar-refractivity contribution < 1.29 is 22.4 Å². The number of nitrogens with one attached hydrogen (secondary N) is 1. The van der Waals surface area contributed by atoms with Crippen LogP contribution in [0.1, 0.15) is 13.3 Å². The Hall–Kier alpha value is -1.96. The van der Waals surface area contributed by atoms with E-state index in [1.54, 1.807) is 4.90 Å². The first-order valence-corrected chi connectivity index (χ1v) is 8.69. The molecule has 1 heterocycles. The summed E-state index contributed by atoms with van der Waals surface area (Å²) in [4.78, 5) is 25.2. The molecule has 1 aromatic carbocycles. The molecule has 1 fully saturated rings. The van der Waals surface area contributed by atoms with Crippen molar-refractivity contribution in [1.82, 2.24) is 4.90 Å². The maximum Gasteiger partial charge on any atom is 0.229 e. The number of amides is 2. The molecule has 0 saturated carbocycles. The molecule has 120 valence electrons. The molecule has 2 amide bonds. The summed E-state index contributed by atoms with van der Waals surface area (Å²) in [6.07, 6.45) is 1.08. The fourth-order valence-electron chi connectivity index (χ4n) is 2.32. The van der Waals surface area contributed by atoms with Crippen LogP contribution in [-0.2, 0) is 19.4 Å². The second-order valence-electron chi connectivity index (χ2n) is 5.24. The second kappa shape index (κ2) is 6.04. The molecule has 0 radical (unpaired) electrons. The summed E-state index contributed by atoms with van der Waals surface area (Å²) >= 11 is 0. The number of benzene rings is 1. The van der Waals surface area contributed by atoms with Gasteiger partial charge in [-0.2, -0.15) is 0 Å². The van der Waals surface area contributed by atoms with Crippen LogP contribution < -0.4 is 5.32 Å². The standard InChI is InChI=1S/C14H17FN2O4S/c1-3-17-8-9(6-13(17)18)14(19)16-12-7-10(22(2,20)21)4-5-11(12)15/h4-5,7,9H,3,6,8H2,1-2H3,(H,16,19). The van der Waals surface area contributed by atoms with Crippen LogP contribution in [-0.4, -0.2) is 44.5 Å². The van der Waals surface area contributed by atoms with Gasteiger partial charge < -0.3 is 10.2 Å². The summed E-state index contributed by atoms with van der Waals surface area (Å²) in [5.74, 6) is -1.90. The third kappa shape index (κ3) is 3.44. The smallest absolute Gasteiger partial charge is 0.229 e. The quantitative estimate of drug-likeness (QED) is 0.837. The van der Waals surface area contributed by atoms with Gasteiger partial charge in [0.25, 0.3) is 0 Å². The first-order valence-electron chi connectivity index (χ1n) is 6.80. The Bertz CT molecular complexity index is 718. The molecule has 0 bridgehead atoms. The van der Waals surface area contributed by atoms with Crippen molar-refractivity contribution in [1.29, 1.82) is 0 Å². The number of hydrogen-bond donors (Lipinski definition) is 1. The van der Waals surface area contributed by atoms with Gasteiger partial charge in [0.2, 0.25) is 11.8 Å². The van der Waals surface area contributed by atoms with E-state index in [0.29, 0.717) is 6.54 Å². The third-order valence-corrected chi connectivity index (χ3v) is 4.70. The predicted octanol–water partition coefficient (Wildman–Crippen LogP) is 1.04. The van der Waals surface area contributed by atoms with Crippen LogP contribution in [0.4, 0.5) is 10.1 Å². The van der Waals surface area contributed by atoms with Crippen LogP contribution in [0.25, 0.3) is 0 Å². The van der Waals surface area contributed by atoms with E-state index in [0.717, 1.165) is 24.5 Å². The third-order valence-electron chi connectivity index (χ3n) is 3.59. The molecule has 0 aliphatic carbocycles. The second-order valence-corrected chi connectivity index (χ2v) is 7.25. The minimum Gasteiger partial charge on any atom is -0.342 e. The molecule has 1 atom stereocenters. The number of rotatable bonds is 4. The normalized spacial score (nSPS) is 18.6. The van der Waals surface area contributed by atoms with Crippen molar-refractivity contribution in [3.05, 3.63) is 24.0 Å². The highest BCUT2D eigenvalue weighted by molar-refractivity contribution is 7.90. The lowest BCUT2D eigenvalue weighted by molar-refractivity contribution is -0.128.